The van der Waals surface area contributed by atoms with Crippen molar-refractivity contribution >= 4 is 35.0 Å². The molecule has 1 aliphatic rings. The fourth-order valence-electron chi connectivity index (χ4n) is 3.04. The number of halogens is 3. The van der Waals surface area contributed by atoms with Gasteiger partial charge in [-0.1, -0.05) is 0 Å². The molecule has 0 fully saturated rings. The first-order chi connectivity index (χ1) is 16.0. The first-order valence-electron chi connectivity index (χ1n) is 9.52. The van der Waals surface area contributed by atoms with Gasteiger partial charge in [-0.15, -0.1) is 0 Å². The third-order valence-corrected chi connectivity index (χ3v) is 4.57. The third-order valence-electron chi connectivity index (χ3n) is 4.57. The Morgan fingerprint density at radius 1 is 1.26 bits per heavy atom. The van der Waals surface area contributed by atoms with Gasteiger partial charge in [0.25, 0.3) is 5.91 Å². The first kappa shape index (κ1) is 24.2. The van der Waals surface area contributed by atoms with Gasteiger partial charge in [0.05, 0.1) is 35.5 Å². The fraction of sp³-hybridized carbons (Fsp3) is 0.190. The molecule has 1 aliphatic heterocycles. The zero-order valence-electron chi connectivity index (χ0n) is 17.6. The average Bonchev–Trinajstić information content (AvgIpc) is 3.11. The summed E-state index contributed by atoms with van der Waals surface area (Å²) >= 11 is 0. The maximum atomic E-state index is 13.7. The van der Waals surface area contributed by atoms with E-state index in [1.54, 1.807) is 6.92 Å². The number of nitro benzene ring substituents is 1. The molecule has 34 heavy (non-hydrogen) atoms. The van der Waals surface area contributed by atoms with Crippen molar-refractivity contribution in [2.45, 2.75) is 13.1 Å². The van der Waals surface area contributed by atoms with E-state index in [1.807, 2.05) is 0 Å². The van der Waals surface area contributed by atoms with Gasteiger partial charge in [-0.05, 0) is 48.9 Å². The lowest BCUT2D eigenvalue weighted by Crippen LogP contribution is -2.25. The number of anilines is 1. The largest absolute Gasteiger partial charge is 0.500 e. The summed E-state index contributed by atoms with van der Waals surface area (Å²) in [6.07, 6.45) is -4.27. The zero-order chi connectivity index (χ0) is 25.2. The molecule has 0 radical (unpaired) electrons. The van der Waals surface area contributed by atoms with Crippen molar-refractivity contribution in [2.24, 2.45) is 5.10 Å². The van der Waals surface area contributed by atoms with Gasteiger partial charge in [0.1, 0.15) is 0 Å². The molecular weight excluding hydrogens is 463 g/mol. The van der Waals surface area contributed by atoms with Crippen LogP contribution in [-0.2, 0) is 9.53 Å². The summed E-state index contributed by atoms with van der Waals surface area (Å²) in [4.78, 5) is 34.9. The van der Waals surface area contributed by atoms with Crippen molar-refractivity contribution in [1.82, 2.24) is 0 Å². The normalized spacial score (nSPS) is 14.9. The maximum absolute atomic E-state index is 13.7. The van der Waals surface area contributed by atoms with E-state index in [4.69, 9.17) is 9.47 Å². The number of benzene rings is 2. The number of aromatic hydroxyl groups is 1. The van der Waals surface area contributed by atoms with E-state index in [9.17, 15) is 38.0 Å². The van der Waals surface area contributed by atoms with Crippen LogP contribution in [0.25, 0.3) is 6.08 Å². The third kappa shape index (κ3) is 4.67. The Hall–Kier alpha value is -4.42. The predicted octanol–water partition coefficient (Wildman–Crippen LogP) is 3.83. The Bertz CT molecular complexity index is 1220. The van der Waals surface area contributed by atoms with Gasteiger partial charge in [-0.3, -0.25) is 14.9 Å². The molecular formula is C21H16F3N3O7. The second-order valence-corrected chi connectivity index (χ2v) is 6.74. The molecule has 0 spiro atoms. The fourth-order valence-corrected chi connectivity index (χ4v) is 3.04. The van der Waals surface area contributed by atoms with Gasteiger partial charge in [-0.2, -0.15) is 23.3 Å². The molecule has 178 valence electrons. The molecule has 0 atom stereocenters. The lowest BCUT2D eigenvalue weighted by molar-refractivity contribution is -0.386. The summed E-state index contributed by atoms with van der Waals surface area (Å²) in [5.41, 5.74) is -3.38. The van der Waals surface area contributed by atoms with Crippen molar-refractivity contribution in [3.8, 4) is 11.5 Å². The Balaban J connectivity index is 2.06. The number of amides is 1. The number of nitro groups is 1. The molecule has 10 nitrogen and oxygen atoms in total. The highest BCUT2D eigenvalue weighted by Gasteiger charge is 2.47. The topological polar surface area (TPSA) is 132 Å². The SMILES string of the molecule is CCOC(=O)c1ccc(N2N=C(C(F)(F)F)/C(=C/c3cc(OC)c(O)c([N+](=O)[O-])c3)C2=O)cc1. The van der Waals surface area contributed by atoms with Crippen molar-refractivity contribution in [1.29, 1.82) is 0 Å². The van der Waals surface area contributed by atoms with E-state index >= 15 is 0 Å². The van der Waals surface area contributed by atoms with Gasteiger partial charge in [0.2, 0.25) is 5.75 Å². The number of phenolic OH excluding ortho intramolecular Hbond substituents is 1. The first-order valence-corrected chi connectivity index (χ1v) is 9.52. The molecule has 0 aliphatic carbocycles. The minimum atomic E-state index is -5.03. The average molecular weight is 479 g/mol. The van der Waals surface area contributed by atoms with Crippen LogP contribution < -0.4 is 9.75 Å². The number of phenols is 1. The molecule has 2 aromatic rings. The van der Waals surface area contributed by atoms with Gasteiger partial charge < -0.3 is 14.6 Å². The quantitative estimate of drug-likeness (QED) is 0.288. The standard InChI is InChI=1S/C21H16F3N3O7/c1-3-34-20(30)12-4-6-13(7-5-12)26-19(29)14(18(25-26)21(22,23)24)8-11-9-15(27(31)32)17(28)16(10-11)33-2/h4-10,28H,3H2,1-2H3/b14-8-. The van der Waals surface area contributed by atoms with Crippen LogP contribution in [-0.4, -0.2) is 47.5 Å². The Morgan fingerprint density at radius 2 is 1.91 bits per heavy atom. The highest BCUT2D eigenvalue weighted by molar-refractivity contribution is 6.34. The van der Waals surface area contributed by atoms with Crippen LogP contribution in [0.4, 0.5) is 24.5 Å². The highest BCUT2D eigenvalue weighted by Crippen LogP contribution is 2.39. The second-order valence-electron chi connectivity index (χ2n) is 6.74. The smallest absolute Gasteiger partial charge is 0.435 e. The molecule has 0 saturated heterocycles. The number of alkyl halides is 3. The molecule has 0 saturated carbocycles. The highest BCUT2D eigenvalue weighted by atomic mass is 19.4. The van der Waals surface area contributed by atoms with Crippen LogP contribution in [0.15, 0.2) is 47.1 Å². The van der Waals surface area contributed by atoms with Crippen molar-refractivity contribution in [3.05, 3.63) is 63.2 Å². The van der Waals surface area contributed by atoms with Gasteiger partial charge in [0.15, 0.2) is 11.5 Å². The van der Waals surface area contributed by atoms with E-state index < -0.39 is 45.7 Å². The monoisotopic (exact) mass is 479 g/mol. The van der Waals surface area contributed by atoms with Gasteiger partial charge in [0, 0.05) is 6.07 Å². The minimum Gasteiger partial charge on any atom is -0.500 e. The van der Waals surface area contributed by atoms with Crippen molar-refractivity contribution in [3.63, 3.8) is 0 Å². The van der Waals surface area contributed by atoms with Crippen molar-refractivity contribution in [2.75, 3.05) is 18.7 Å². The summed E-state index contributed by atoms with van der Waals surface area (Å²) in [5.74, 6) is -3.00. The molecule has 2 aromatic carbocycles. The Morgan fingerprint density at radius 3 is 2.44 bits per heavy atom. The Labute approximate surface area is 189 Å². The number of esters is 1. The number of hydrogen-bond donors (Lipinski definition) is 1. The van der Waals surface area contributed by atoms with Crippen LogP contribution in [0.3, 0.4) is 0 Å². The summed E-state index contributed by atoms with van der Waals surface area (Å²) in [6, 6.07) is 6.80. The van der Waals surface area contributed by atoms with Crippen LogP contribution in [0.5, 0.6) is 11.5 Å². The Kier molecular flexibility index (Phi) is 6.56. The lowest BCUT2D eigenvalue weighted by Gasteiger charge is -2.12. The number of methoxy groups -OCH3 is 1. The van der Waals surface area contributed by atoms with E-state index in [0.717, 1.165) is 25.3 Å². The molecule has 1 amide bonds. The number of carbonyl (C=O) groups excluding carboxylic acids is 2. The molecule has 0 unspecified atom stereocenters. The maximum Gasteiger partial charge on any atom is 0.435 e. The van der Waals surface area contributed by atoms with Crippen LogP contribution in [0, 0.1) is 10.1 Å². The van der Waals surface area contributed by atoms with Crippen LogP contribution in [0.1, 0.15) is 22.8 Å². The number of carbonyl (C=O) groups is 2. The number of ether oxygens (including phenoxy) is 2. The summed E-state index contributed by atoms with van der Waals surface area (Å²) in [7, 11) is 1.10. The van der Waals surface area contributed by atoms with Crippen molar-refractivity contribution < 1.29 is 42.3 Å². The van der Waals surface area contributed by atoms with E-state index in [2.05, 4.69) is 5.10 Å². The lowest BCUT2D eigenvalue weighted by atomic mass is 10.0. The molecule has 13 heteroatoms. The minimum absolute atomic E-state index is 0.0579. The van der Waals surface area contributed by atoms with E-state index in [-0.39, 0.29) is 29.2 Å². The number of nitrogens with zero attached hydrogens (tertiary/aromatic N) is 3. The molecule has 1 heterocycles. The van der Waals surface area contributed by atoms with E-state index in [1.165, 1.54) is 24.3 Å². The second kappa shape index (κ2) is 9.21. The molecule has 1 N–H and O–H groups in total. The molecule has 0 bridgehead atoms. The number of hydrogen-bond acceptors (Lipinski definition) is 8. The number of rotatable bonds is 6. The van der Waals surface area contributed by atoms with Crippen LogP contribution >= 0.6 is 0 Å². The molecule has 3 rings (SSSR count). The zero-order valence-corrected chi connectivity index (χ0v) is 17.6. The summed E-state index contributed by atoms with van der Waals surface area (Å²) < 4.78 is 50.7. The summed E-state index contributed by atoms with van der Waals surface area (Å²) in [6.45, 7) is 1.73. The van der Waals surface area contributed by atoms with Crippen LogP contribution in [0.2, 0.25) is 0 Å². The van der Waals surface area contributed by atoms with Gasteiger partial charge in [-0.25, -0.2) is 4.79 Å². The summed E-state index contributed by atoms with van der Waals surface area (Å²) in [5, 5.41) is 24.9. The molecule has 0 aromatic heterocycles. The van der Waals surface area contributed by atoms with Gasteiger partial charge >= 0.3 is 17.8 Å². The predicted molar refractivity (Wildman–Crippen MR) is 113 cm³/mol. The van der Waals surface area contributed by atoms with E-state index in [0.29, 0.717) is 5.01 Å². The number of hydrazone groups is 1.